The number of anilines is 1. The van der Waals surface area contributed by atoms with Crippen LogP contribution in [0, 0.1) is 17.0 Å². The Labute approximate surface area is 121 Å². The molecule has 1 aromatic heterocycles. The highest BCUT2D eigenvalue weighted by Gasteiger charge is 2.10. The van der Waals surface area contributed by atoms with E-state index in [9.17, 15) is 10.1 Å². The molecule has 0 aliphatic rings. The minimum atomic E-state index is -0.519. The standard InChI is InChI=1S/C14H14ClN3O2/c1-10-2-4-11(5-3-10)6-7-16-14-13(15)8-12(9-17-14)18(19)20/h2-5,8-9H,6-7H2,1H3,(H,16,17). The second-order valence-corrected chi connectivity index (χ2v) is 4.85. The van der Waals surface area contributed by atoms with Crippen molar-refractivity contribution in [1.82, 2.24) is 4.98 Å². The summed E-state index contributed by atoms with van der Waals surface area (Å²) in [5.74, 6) is 0.462. The van der Waals surface area contributed by atoms with Gasteiger partial charge in [-0.05, 0) is 18.9 Å². The molecule has 0 fully saturated rings. The van der Waals surface area contributed by atoms with E-state index >= 15 is 0 Å². The van der Waals surface area contributed by atoms with Crippen molar-refractivity contribution in [3.05, 3.63) is 62.8 Å². The summed E-state index contributed by atoms with van der Waals surface area (Å²) in [6, 6.07) is 9.56. The van der Waals surface area contributed by atoms with Gasteiger partial charge in [-0.25, -0.2) is 4.98 Å². The Kier molecular flexibility index (Phi) is 4.53. The smallest absolute Gasteiger partial charge is 0.289 e. The first-order valence-electron chi connectivity index (χ1n) is 6.15. The summed E-state index contributed by atoms with van der Waals surface area (Å²) in [5, 5.41) is 13.9. The molecule has 0 bridgehead atoms. The molecule has 1 heterocycles. The lowest BCUT2D eigenvalue weighted by Gasteiger charge is -2.07. The summed E-state index contributed by atoms with van der Waals surface area (Å²) in [5.41, 5.74) is 2.32. The Morgan fingerprint density at radius 3 is 2.65 bits per heavy atom. The van der Waals surface area contributed by atoms with Crippen molar-refractivity contribution >= 4 is 23.1 Å². The molecule has 0 radical (unpaired) electrons. The van der Waals surface area contributed by atoms with Gasteiger partial charge in [0.1, 0.15) is 12.0 Å². The summed E-state index contributed by atoms with van der Waals surface area (Å²) in [7, 11) is 0. The van der Waals surface area contributed by atoms with Crippen LogP contribution in [0.2, 0.25) is 5.02 Å². The predicted octanol–water partition coefficient (Wildman–Crippen LogP) is 3.61. The summed E-state index contributed by atoms with van der Waals surface area (Å²) in [4.78, 5) is 14.0. The van der Waals surface area contributed by atoms with Crippen molar-refractivity contribution in [2.45, 2.75) is 13.3 Å². The van der Waals surface area contributed by atoms with Gasteiger partial charge in [-0.2, -0.15) is 0 Å². The van der Waals surface area contributed by atoms with Crippen LogP contribution in [0.15, 0.2) is 36.5 Å². The molecule has 0 saturated heterocycles. The first kappa shape index (κ1) is 14.3. The molecule has 0 spiro atoms. The summed E-state index contributed by atoms with van der Waals surface area (Å²) in [6.07, 6.45) is 2.02. The predicted molar refractivity (Wildman–Crippen MR) is 79.3 cm³/mol. The Bertz CT molecular complexity index is 614. The van der Waals surface area contributed by atoms with Gasteiger partial charge in [0.05, 0.1) is 9.95 Å². The molecule has 2 rings (SSSR count). The van der Waals surface area contributed by atoms with Crippen LogP contribution in [0.1, 0.15) is 11.1 Å². The zero-order chi connectivity index (χ0) is 14.5. The van der Waals surface area contributed by atoms with Crippen LogP contribution in [0.3, 0.4) is 0 Å². The van der Waals surface area contributed by atoms with Gasteiger partial charge in [0, 0.05) is 12.6 Å². The molecule has 0 saturated carbocycles. The Hall–Kier alpha value is -2.14. The van der Waals surface area contributed by atoms with Crippen molar-refractivity contribution < 1.29 is 4.92 Å². The fourth-order valence-electron chi connectivity index (χ4n) is 1.74. The number of nitro groups is 1. The van der Waals surface area contributed by atoms with E-state index in [0.717, 1.165) is 6.42 Å². The Morgan fingerprint density at radius 2 is 2.05 bits per heavy atom. The molecule has 20 heavy (non-hydrogen) atoms. The lowest BCUT2D eigenvalue weighted by molar-refractivity contribution is -0.385. The highest BCUT2D eigenvalue weighted by atomic mass is 35.5. The minimum absolute atomic E-state index is 0.112. The molecule has 0 atom stereocenters. The number of pyridine rings is 1. The van der Waals surface area contributed by atoms with Gasteiger partial charge in [-0.1, -0.05) is 41.4 Å². The zero-order valence-corrected chi connectivity index (χ0v) is 11.7. The molecule has 0 unspecified atom stereocenters. The third kappa shape index (κ3) is 3.68. The molecule has 0 aliphatic carbocycles. The number of benzene rings is 1. The Morgan fingerprint density at radius 1 is 1.35 bits per heavy atom. The number of nitrogens with one attached hydrogen (secondary N) is 1. The van der Waals surface area contributed by atoms with Crippen LogP contribution in [-0.2, 0) is 6.42 Å². The van der Waals surface area contributed by atoms with E-state index < -0.39 is 4.92 Å². The highest BCUT2D eigenvalue weighted by Crippen LogP contribution is 2.23. The molecule has 0 aliphatic heterocycles. The van der Waals surface area contributed by atoms with Crippen molar-refractivity contribution in [3.8, 4) is 0 Å². The zero-order valence-electron chi connectivity index (χ0n) is 11.0. The lowest BCUT2D eigenvalue weighted by atomic mass is 10.1. The van der Waals surface area contributed by atoms with Crippen LogP contribution in [-0.4, -0.2) is 16.5 Å². The topological polar surface area (TPSA) is 68.1 Å². The van der Waals surface area contributed by atoms with Crippen LogP contribution in [0.4, 0.5) is 11.5 Å². The molecule has 2 aromatic rings. The van der Waals surface area contributed by atoms with Crippen molar-refractivity contribution in [2.24, 2.45) is 0 Å². The van der Waals surface area contributed by atoms with Crippen LogP contribution < -0.4 is 5.32 Å². The molecule has 0 amide bonds. The third-order valence-corrected chi connectivity index (χ3v) is 3.15. The third-order valence-electron chi connectivity index (χ3n) is 2.86. The largest absolute Gasteiger partial charge is 0.368 e. The van der Waals surface area contributed by atoms with Gasteiger partial charge in [0.25, 0.3) is 5.69 Å². The fraction of sp³-hybridized carbons (Fsp3) is 0.214. The van der Waals surface area contributed by atoms with E-state index in [-0.39, 0.29) is 10.7 Å². The number of halogens is 1. The number of aryl methyl sites for hydroxylation is 1. The highest BCUT2D eigenvalue weighted by molar-refractivity contribution is 6.33. The average Bonchev–Trinajstić information content (AvgIpc) is 2.42. The van der Waals surface area contributed by atoms with E-state index in [4.69, 9.17) is 11.6 Å². The van der Waals surface area contributed by atoms with E-state index in [2.05, 4.69) is 34.6 Å². The maximum Gasteiger partial charge on any atom is 0.289 e. The first-order chi connectivity index (χ1) is 9.56. The van der Waals surface area contributed by atoms with Gasteiger partial charge < -0.3 is 5.32 Å². The van der Waals surface area contributed by atoms with E-state index in [1.54, 1.807) is 0 Å². The van der Waals surface area contributed by atoms with Crippen LogP contribution in [0.5, 0.6) is 0 Å². The molecule has 5 nitrogen and oxygen atoms in total. The summed E-state index contributed by atoms with van der Waals surface area (Å²) < 4.78 is 0. The van der Waals surface area contributed by atoms with Gasteiger partial charge >= 0.3 is 0 Å². The number of rotatable bonds is 5. The van der Waals surface area contributed by atoms with Crippen molar-refractivity contribution in [2.75, 3.05) is 11.9 Å². The van der Waals surface area contributed by atoms with E-state index in [1.165, 1.54) is 23.4 Å². The van der Waals surface area contributed by atoms with Crippen molar-refractivity contribution in [3.63, 3.8) is 0 Å². The minimum Gasteiger partial charge on any atom is -0.368 e. The van der Waals surface area contributed by atoms with Crippen LogP contribution >= 0.6 is 11.6 Å². The molecule has 104 valence electrons. The summed E-state index contributed by atoms with van der Waals surface area (Å²) >= 11 is 5.95. The number of aromatic nitrogens is 1. The molecular weight excluding hydrogens is 278 g/mol. The van der Waals surface area contributed by atoms with Gasteiger partial charge in [0.2, 0.25) is 0 Å². The van der Waals surface area contributed by atoms with E-state index in [1.807, 2.05) is 6.92 Å². The molecule has 1 aromatic carbocycles. The van der Waals surface area contributed by atoms with E-state index in [0.29, 0.717) is 12.4 Å². The molecule has 1 N–H and O–H groups in total. The van der Waals surface area contributed by atoms with Gasteiger partial charge in [-0.3, -0.25) is 10.1 Å². The van der Waals surface area contributed by atoms with Crippen molar-refractivity contribution in [1.29, 1.82) is 0 Å². The first-order valence-corrected chi connectivity index (χ1v) is 6.53. The lowest BCUT2D eigenvalue weighted by Crippen LogP contribution is -2.07. The van der Waals surface area contributed by atoms with Gasteiger partial charge in [-0.15, -0.1) is 0 Å². The maximum absolute atomic E-state index is 10.6. The summed E-state index contributed by atoms with van der Waals surface area (Å²) in [6.45, 7) is 2.70. The Balaban J connectivity index is 1.94. The second kappa shape index (κ2) is 6.34. The number of hydrogen-bond donors (Lipinski definition) is 1. The normalized spacial score (nSPS) is 10.3. The fourth-order valence-corrected chi connectivity index (χ4v) is 1.97. The monoisotopic (exact) mass is 291 g/mol. The van der Waals surface area contributed by atoms with Crippen LogP contribution in [0.25, 0.3) is 0 Å². The molecule has 6 heteroatoms. The SMILES string of the molecule is Cc1ccc(CCNc2ncc([N+](=O)[O-])cc2Cl)cc1. The van der Waals surface area contributed by atoms with Gasteiger partial charge in [0.15, 0.2) is 0 Å². The second-order valence-electron chi connectivity index (χ2n) is 4.44. The quantitative estimate of drug-likeness (QED) is 0.675. The number of nitrogens with zero attached hydrogens (tertiary/aromatic N) is 2. The average molecular weight is 292 g/mol. The molecular formula is C14H14ClN3O2. The maximum atomic E-state index is 10.6. The number of hydrogen-bond acceptors (Lipinski definition) is 4.